The molecule has 6 heteroatoms. The molecule has 2 amide bonds. The van der Waals surface area contributed by atoms with Crippen molar-refractivity contribution in [2.24, 2.45) is 0 Å². The molecule has 3 N–H and O–H groups in total. The van der Waals surface area contributed by atoms with Gasteiger partial charge >= 0.3 is 0 Å². The summed E-state index contributed by atoms with van der Waals surface area (Å²) in [5.41, 5.74) is 0.247. The topological polar surface area (TPSA) is 87.7 Å². The van der Waals surface area contributed by atoms with Gasteiger partial charge in [-0.2, -0.15) is 0 Å². The number of anilines is 1. The van der Waals surface area contributed by atoms with Crippen LogP contribution in [-0.2, 0) is 9.53 Å². The molecule has 1 aromatic carbocycles. The van der Waals surface area contributed by atoms with E-state index in [1.54, 1.807) is 31.2 Å². The lowest BCUT2D eigenvalue weighted by Gasteiger charge is -2.29. The predicted octanol–water partition coefficient (Wildman–Crippen LogP) is 1.33. The number of aliphatic hydroxyl groups is 1. The van der Waals surface area contributed by atoms with Gasteiger partial charge < -0.3 is 20.5 Å². The van der Waals surface area contributed by atoms with Gasteiger partial charge in [-0.1, -0.05) is 12.6 Å². The summed E-state index contributed by atoms with van der Waals surface area (Å²) in [5.74, 6) is -0.648. The van der Waals surface area contributed by atoms with E-state index in [-0.39, 0.29) is 25.0 Å². The van der Waals surface area contributed by atoms with Gasteiger partial charge in [-0.25, -0.2) is 0 Å². The molecule has 0 bridgehead atoms. The number of amides is 2. The molecule has 0 heterocycles. The van der Waals surface area contributed by atoms with E-state index in [4.69, 9.17) is 9.84 Å². The van der Waals surface area contributed by atoms with Crippen molar-refractivity contribution in [3.05, 3.63) is 42.5 Å². The SMILES string of the molecule is C=CC(=O)Nc1cccc(C(=O)NC(C)(CCO)COC)c1. The van der Waals surface area contributed by atoms with E-state index in [0.717, 1.165) is 6.08 Å². The molecule has 6 nitrogen and oxygen atoms in total. The average molecular weight is 306 g/mol. The maximum Gasteiger partial charge on any atom is 0.251 e. The van der Waals surface area contributed by atoms with Crippen molar-refractivity contribution >= 4 is 17.5 Å². The van der Waals surface area contributed by atoms with Crippen LogP contribution in [0.25, 0.3) is 0 Å². The normalized spacial score (nSPS) is 13.0. The molecule has 1 aromatic rings. The minimum absolute atomic E-state index is 0.0599. The zero-order valence-electron chi connectivity index (χ0n) is 12.9. The summed E-state index contributed by atoms with van der Waals surface area (Å²) >= 11 is 0. The monoisotopic (exact) mass is 306 g/mol. The maximum absolute atomic E-state index is 12.3. The number of carbonyl (C=O) groups is 2. The zero-order valence-corrected chi connectivity index (χ0v) is 12.9. The number of carbonyl (C=O) groups excluding carboxylic acids is 2. The Morgan fingerprint density at radius 3 is 2.77 bits per heavy atom. The number of methoxy groups -OCH3 is 1. The van der Waals surface area contributed by atoms with Crippen LogP contribution in [0.5, 0.6) is 0 Å². The molecule has 1 rings (SSSR count). The number of nitrogens with one attached hydrogen (secondary N) is 2. The number of benzene rings is 1. The third-order valence-corrected chi connectivity index (χ3v) is 3.12. The minimum Gasteiger partial charge on any atom is -0.396 e. The van der Waals surface area contributed by atoms with Crippen molar-refractivity contribution in [3.8, 4) is 0 Å². The average Bonchev–Trinajstić information content (AvgIpc) is 2.47. The highest BCUT2D eigenvalue weighted by atomic mass is 16.5. The van der Waals surface area contributed by atoms with Crippen molar-refractivity contribution in [1.29, 1.82) is 0 Å². The second-order valence-electron chi connectivity index (χ2n) is 5.20. The predicted molar refractivity (Wildman–Crippen MR) is 84.7 cm³/mol. The highest BCUT2D eigenvalue weighted by molar-refractivity contribution is 6.00. The first-order valence-electron chi connectivity index (χ1n) is 6.90. The lowest BCUT2D eigenvalue weighted by molar-refractivity contribution is -0.111. The van der Waals surface area contributed by atoms with Crippen LogP contribution in [0.4, 0.5) is 5.69 Å². The Bertz CT molecular complexity index is 537. The first-order chi connectivity index (χ1) is 10.4. The van der Waals surface area contributed by atoms with Gasteiger partial charge in [-0.05, 0) is 37.6 Å². The smallest absolute Gasteiger partial charge is 0.251 e. The second-order valence-corrected chi connectivity index (χ2v) is 5.20. The van der Waals surface area contributed by atoms with Crippen LogP contribution in [0.1, 0.15) is 23.7 Å². The molecule has 0 aromatic heterocycles. The zero-order chi connectivity index (χ0) is 16.6. The largest absolute Gasteiger partial charge is 0.396 e. The summed E-state index contributed by atoms with van der Waals surface area (Å²) in [4.78, 5) is 23.6. The molecular weight excluding hydrogens is 284 g/mol. The molecule has 0 fully saturated rings. The molecule has 1 unspecified atom stereocenters. The Morgan fingerprint density at radius 1 is 1.45 bits per heavy atom. The van der Waals surface area contributed by atoms with E-state index in [1.807, 2.05) is 0 Å². The first-order valence-corrected chi connectivity index (χ1v) is 6.90. The summed E-state index contributed by atoms with van der Waals surface area (Å²) in [6.07, 6.45) is 1.53. The Morgan fingerprint density at radius 2 is 2.18 bits per heavy atom. The summed E-state index contributed by atoms with van der Waals surface area (Å²) < 4.78 is 5.09. The molecule has 1 atom stereocenters. The molecule has 0 aliphatic carbocycles. The maximum atomic E-state index is 12.3. The van der Waals surface area contributed by atoms with Crippen LogP contribution in [0, 0.1) is 0 Å². The van der Waals surface area contributed by atoms with Crippen molar-refractivity contribution in [2.75, 3.05) is 25.6 Å². The fraction of sp³-hybridized carbons (Fsp3) is 0.375. The Kier molecular flexibility index (Phi) is 6.75. The molecule has 0 saturated carbocycles. The fourth-order valence-corrected chi connectivity index (χ4v) is 2.01. The highest BCUT2D eigenvalue weighted by Crippen LogP contribution is 2.14. The molecule has 22 heavy (non-hydrogen) atoms. The van der Waals surface area contributed by atoms with Gasteiger partial charge in [0.1, 0.15) is 0 Å². The van der Waals surface area contributed by atoms with Gasteiger partial charge in [0, 0.05) is 25.0 Å². The van der Waals surface area contributed by atoms with Crippen molar-refractivity contribution < 1.29 is 19.4 Å². The second kappa shape index (κ2) is 8.31. The van der Waals surface area contributed by atoms with E-state index >= 15 is 0 Å². The lowest BCUT2D eigenvalue weighted by Crippen LogP contribution is -2.50. The summed E-state index contributed by atoms with van der Waals surface area (Å²) in [6.45, 7) is 5.40. The van der Waals surface area contributed by atoms with Crippen LogP contribution < -0.4 is 10.6 Å². The summed E-state index contributed by atoms with van der Waals surface area (Å²) in [5, 5.41) is 14.6. The Balaban J connectivity index is 2.86. The number of aliphatic hydroxyl groups excluding tert-OH is 1. The molecule has 0 spiro atoms. The number of hydrogen-bond acceptors (Lipinski definition) is 4. The van der Waals surface area contributed by atoms with Crippen LogP contribution in [0.15, 0.2) is 36.9 Å². The van der Waals surface area contributed by atoms with Crippen LogP contribution in [0.3, 0.4) is 0 Å². The van der Waals surface area contributed by atoms with E-state index in [2.05, 4.69) is 17.2 Å². The Hall–Kier alpha value is -2.18. The standard InChI is InChI=1S/C16H22N2O4/c1-4-14(20)17-13-7-5-6-12(10-13)15(21)18-16(2,8-9-19)11-22-3/h4-7,10,19H,1,8-9,11H2,2-3H3,(H,17,20)(H,18,21). The summed E-state index contributed by atoms with van der Waals surface area (Å²) in [6, 6.07) is 6.57. The quantitative estimate of drug-likeness (QED) is 0.632. The van der Waals surface area contributed by atoms with Gasteiger partial charge in [0.25, 0.3) is 5.91 Å². The van der Waals surface area contributed by atoms with Gasteiger partial charge in [0.05, 0.1) is 12.1 Å². The van der Waals surface area contributed by atoms with Crippen molar-refractivity contribution in [2.45, 2.75) is 18.9 Å². The van der Waals surface area contributed by atoms with E-state index < -0.39 is 5.54 Å². The van der Waals surface area contributed by atoms with Crippen molar-refractivity contribution in [1.82, 2.24) is 5.32 Å². The van der Waals surface area contributed by atoms with Crippen LogP contribution >= 0.6 is 0 Å². The van der Waals surface area contributed by atoms with Crippen LogP contribution in [0.2, 0.25) is 0 Å². The van der Waals surface area contributed by atoms with Crippen molar-refractivity contribution in [3.63, 3.8) is 0 Å². The van der Waals surface area contributed by atoms with Gasteiger partial charge in [-0.15, -0.1) is 0 Å². The fourth-order valence-electron chi connectivity index (χ4n) is 2.01. The van der Waals surface area contributed by atoms with E-state index in [0.29, 0.717) is 17.7 Å². The number of rotatable bonds is 8. The van der Waals surface area contributed by atoms with Gasteiger partial charge in [0.2, 0.25) is 5.91 Å². The molecule has 0 saturated heterocycles. The number of ether oxygens (including phenoxy) is 1. The third-order valence-electron chi connectivity index (χ3n) is 3.12. The molecule has 120 valence electrons. The van der Waals surface area contributed by atoms with Gasteiger partial charge in [-0.3, -0.25) is 9.59 Å². The highest BCUT2D eigenvalue weighted by Gasteiger charge is 2.26. The molecule has 0 aliphatic rings. The minimum atomic E-state index is -0.666. The molecule has 0 radical (unpaired) electrons. The Labute approximate surface area is 130 Å². The van der Waals surface area contributed by atoms with Crippen LogP contribution in [-0.4, -0.2) is 42.8 Å². The number of hydrogen-bond donors (Lipinski definition) is 3. The molecule has 0 aliphatic heterocycles. The summed E-state index contributed by atoms with van der Waals surface area (Å²) in [7, 11) is 1.53. The van der Waals surface area contributed by atoms with Gasteiger partial charge in [0.15, 0.2) is 0 Å². The lowest BCUT2D eigenvalue weighted by atomic mass is 9.98. The van der Waals surface area contributed by atoms with E-state index in [1.165, 1.54) is 7.11 Å². The van der Waals surface area contributed by atoms with E-state index in [9.17, 15) is 9.59 Å². The third kappa shape index (κ3) is 5.31. The first kappa shape index (κ1) is 17.9. The molecular formula is C16H22N2O4.